The highest BCUT2D eigenvalue weighted by atomic mass is 16.6. The normalized spacial score (nSPS) is 13.0. The lowest BCUT2D eigenvalue weighted by molar-refractivity contribution is -0.116. The van der Waals surface area contributed by atoms with Crippen LogP contribution in [-0.4, -0.2) is 28.7 Å². The molecule has 7 heteroatoms. The Morgan fingerprint density at radius 1 is 1.25 bits per heavy atom. The number of rotatable bonds is 4. The van der Waals surface area contributed by atoms with Gasteiger partial charge in [-0.2, -0.15) is 0 Å². The van der Waals surface area contributed by atoms with Crippen molar-refractivity contribution in [2.45, 2.75) is 26.3 Å². The van der Waals surface area contributed by atoms with E-state index in [4.69, 9.17) is 9.47 Å². The van der Waals surface area contributed by atoms with Crippen LogP contribution in [0.25, 0.3) is 0 Å². The molecule has 1 amide bonds. The fraction of sp³-hybridized carbons (Fsp3) is 0.353. The van der Waals surface area contributed by atoms with Crippen LogP contribution in [0.3, 0.4) is 0 Å². The van der Waals surface area contributed by atoms with Crippen LogP contribution >= 0.6 is 0 Å². The fourth-order valence-electron chi connectivity index (χ4n) is 2.35. The van der Waals surface area contributed by atoms with Crippen LogP contribution in [0, 0.1) is 0 Å². The average molecular weight is 329 g/mol. The minimum atomic E-state index is -0.312. The van der Waals surface area contributed by atoms with Crippen molar-refractivity contribution < 1.29 is 14.3 Å². The molecule has 0 aliphatic carbocycles. The van der Waals surface area contributed by atoms with Gasteiger partial charge in [-0.3, -0.25) is 14.2 Å². The summed E-state index contributed by atoms with van der Waals surface area (Å²) in [6.45, 7) is 4.81. The van der Waals surface area contributed by atoms with Crippen LogP contribution in [0.5, 0.6) is 11.5 Å². The molecule has 7 nitrogen and oxygen atoms in total. The minimum absolute atomic E-state index is 0.0986. The molecule has 1 aliphatic heterocycles. The summed E-state index contributed by atoms with van der Waals surface area (Å²) in [7, 11) is 0. The highest BCUT2D eigenvalue weighted by Gasteiger charge is 2.13. The standard InChI is InChI=1S/C17H19N3O4/c1-11(2)13-8-17(22)20(10-18-13)9-16(21)19-12-3-4-14-15(7-12)24-6-5-23-14/h3-4,7-8,10-11H,5-6,9H2,1-2H3,(H,19,21). The van der Waals surface area contributed by atoms with E-state index in [1.807, 2.05) is 13.8 Å². The number of benzene rings is 1. The molecule has 24 heavy (non-hydrogen) atoms. The van der Waals surface area contributed by atoms with Gasteiger partial charge in [-0.15, -0.1) is 0 Å². The smallest absolute Gasteiger partial charge is 0.254 e. The molecule has 126 valence electrons. The molecular weight excluding hydrogens is 310 g/mol. The Balaban J connectivity index is 1.69. The number of amides is 1. The molecule has 2 aromatic rings. The fourth-order valence-corrected chi connectivity index (χ4v) is 2.35. The summed E-state index contributed by atoms with van der Waals surface area (Å²) in [5.41, 5.74) is 1.05. The summed E-state index contributed by atoms with van der Waals surface area (Å²) < 4.78 is 12.2. The molecule has 0 radical (unpaired) electrons. The highest BCUT2D eigenvalue weighted by molar-refractivity contribution is 5.90. The summed E-state index contributed by atoms with van der Waals surface area (Å²) in [5, 5.41) is 2.74. The molecule has 0 fully saturated rings. The van der Waals surface area contributed by atoms with Crippen molar-refractivity contribution in [3.05, 3.63) is 46.6 Å². The van der Waals surface area contributed by atoms with E-state index in [2.05, 4.69) is 10.3 Å². The zero-order chi connectivity index (χ0) is 17.1. The predicted octanol–water partition coefficient (Wildman–Crippen LogP) is 1.78. The number of aromatic nitrogens is 2. The molecule has 0 saturated heterocycles. The van der Waals surface area contributed by atoms with Gasteiger partial charge in [0.1, 0.15) is 19.8 Å². The van der Waals surface area contributed by atoms with Crippen molar-refractivity contribution in [1.82, 2.24) is 9.55 Å². The van der Waals surface area contributed by atoms with E-state index in [0.29, 0.717) is 36.1 Å². The molecule has 1 aromatic heterocycles. The van der Waals surface area contributed by atoms with E-state index in [-0.39, 0.29) is 23.9 Å². The van der Waals surface area contributed by atoms with Crippen LogP contribution in [0.1, 0.15) is 25.5 Å². The Labute approximate surface area is 139 Å². The maximum Gasteiger partial charge on any atom is 0.254 e. The average Bonchev–Trinajstić information content (AvgIpc) is 2.56. The lowest BCUT2D eigenvalue weighted by Gasteiger charge is -2.19. The SMILES string of the molecule is CC(C)c1cc(=O)n(CC(=O)Nc2ccc3c(c2)OCCO3)cn1. The number of fused-ring (bicyclic) bond motifs is 1. The summed E-state index contributed by atoms with van der Waals surface area (Å²) in [6.07, 6.45) is 1.40. The van der Waals surface area contributed by atoms with Crippen LogP contribution in [0.2, 0.25) is 0 Å². The van der Waals surface area contributed by atoms with E-state index < -0.39 is 0 Å². The largest absolute Gasteiger partial charge is 0.486 e. The number of nitrogens with zero attached hydrogens (tertiary/aromatic N) is 2. The quantitative estimate of drug-likeness (QED) is 0.924. The first-order valence-corrected chi connectivity index (χ1v) is 7.79. The topological polar surface area (TPSA) is 82.5 Å². The number of ether oxygens (including phenoxy) is 2. The maximum atomic E-state index is 12.2. The van der Waals surface area contributed by atoms with Crippen molar-refractivity contribution in [2.75, 3.05) is 18.5 Å². The van der Waals surface area contributed by atoms with E-state index in [1.165, 1.54) is 17.0 Å². The van der Waals surface area contributed by atoms with Crippen LogP contribution in [0.4, 0.5) is 5.69 Å². The monoisotopic (exact) mass is 329 g/mol. The first-order valence-electron chi connectivity index (χ1n) is 7.79. The van der Waals surface area contributed by atoms with Crippen molar-refractivity contribution in [3.63, 3.8) is 0 Å². The van der Waals surface area contributed by atoms with Gasteiger partial charge in [-0.05, 0) is 18.1 Å². The molecule has 3 rings (SSSR count). The number of hydrogen-bond acceptors (Lipinski definition) is 5. The Morgan fingerprint density at radius 2 is 2.00 bits per heavy atom. The van der Waals surface area contributed by atoms with Gasteiger partial charge in [-0.1, -0.05) is 13.8 Å². The Bertz CT molecular complexity index is 814. The first kappa shape index (κ1) is 16.0. The summed E-state index contributed by atoms with van der Waals surface area (Å²) in [5.74, 6) is 1.11. The Kier molecular flexibility index (Phi) is 4.50. The molecule has 0 saturated carbocycles. The second-order valence-corrected chi connectivity index (χ2v) is 5.84. The van der Waals surface area contributed by atoms with E-state index in [1.54, 1.807) is 18.2 Å². The number of anilines is 1. The van der Waals surface area contributed by atoms with Gasteiger partial charge in [0, 0.05) is 17.8 Å². The molecule has 0 spiro atoms. The third kappa shape index (κ3) is 3.56. The summed E-state index contributed by atoms with van der Waals surface area (Å²) >= 11 is 0. The third-order valence-corrected chi connectivity index (χ3v) is 3.63. The number of nitrogens with one attached hydrogen (secondary N) is 1. The molecule has 1 aliphatic rings. The van der Waals surface area contributed by atoms with Gasteiger partial charge in [-0.25, -0.2) is 4.98 Å². The molecule has 0 atom stereocenters. The molecule has 0 unspecified atom stereocenters. The summed E-state index contributed by atoms with van der Waals surface area (Å²) in [4.78, 5) is 28.4. The van der Waals surface area contributed by atoms with Gasteiger partial charge in [0.2, 0.25) is 5.91 Å². The molecule has 1 aromatic carbocycles. The lowest BCUT2D eigenvalue weighted by atomic mass is 10.1. The predicted molar refractivity (Wildman–Crippen MR) is 88.6 cm³/mol. The molecular formula is C17H19N3O4. The number of carbonyl (C=O) groups is 1. The van der Waals surface area contributed by atoms with E-state index in [0.717, 1.165) is 0 Å². The third-order valence-electron chi connectivity index (χ3n) is 3.63. The Morgan fingerprint density at radius 3 is 2.71 bits per heavy atom. The highest BCUT2D eigenvalue weighted by Crippen LogP contribution is 2.32. The first-order chi connectivity index (χ1) is 11.5. The van der Waals surface area contributed by atoms with Crippen LogP contribution in [-0.2, 0) is 11.3 Å². The Hall–Kier alpha value is -2.83. The van der Waals surface area contributed by atoms with E-state index >= 15 is 0 Å². The van der Waals surface area contributed by atoms with Crippen molar-refractivity contribution in [2.24, 2.45) is 0 Å². The molecule has 0 bridgehead atoms. The second-order valence-electron chi connectivity index (χ2n) is 5.84. The second kappa shape index (κ2) is 6.74. The van der Waals surface area contributed by atoms with E-state index in [9.17, 15) is 9.59 Å². The molecule has 2 heterocycles. The minimum Gasteiger partial charge on any atom is -0.486 e. The van der Waals surface area contributed by atoms with Gasteiger partial charge >= 0.3 is 0 Å². The number of carbonyl (C=O) groups excluding carboxylic acids is 1. The maximum absolute atomic E-state index is 12.2. The zero-order valence-electron chi connectivity index (χ0n) is 13.6. The number of hydrogen-bond donors (Lipinski definition) is 1. The van der Waals surface area contributed by atoms with Gasteiger partial charge in [0.25, 0.3) is 5.56 Å². The van der Waals surface area contributed by atoms with Crippen molar-refractivity contribution >= 4 is 11.6 Å². The van der Waals surface area contributed by atoms with Gasteiger partial charge in [0.05, 0.1) is 12.0 Å². The van der Waals surface area contributed by atoms with Crippen LogP contribution in [0.15, 0.2) is 35.4 Å². The molecule has 1 N–H and O–H groups in total. The van der Waals surface area contributed by atoms with Gasteiger partial charge in [0.15, 0.2) is 11.5 Å². The van der Waals surface area contributed by atoms with Crippen LogP contribution < -0.4 is 20.3 Å². The summed E-state index contributed by atoms with van der Waals surface area (Å²) in [6, 6.07) is 6.64. The zero-order valence-corrected chi connectivity index (χ0v) is 13.6. The lowest BCUT2D eigenvalue weighted by Crippen LogP contribution is -2.28. The van der Waals surface area contributed by atoms with Crippen molar-refractivity contribution in [1.29, 1.82) is 0 Å². The van der Waals surface area contributed by atoms with Gasteiger partial charge < -0.3 is 14.8 Å². The van der Waals surface area contributed by atoms with Crippen molar-refractivity contribution in [3.8, 4) is 11.5 Å².